The van der Waals surface area contributed by atoms with Crippen molar-refractivity contribution >= 4 is 35.4 Å². The quantitative estimate of drug-likeness (QED) is 0.397. The summed E-state index contributed by atoms with van der Waals surface area (Å²) in [5.74, 6) is -0.472. The van der Waals surface area contributed by atoms with Gasteiger partial charge in [0.1, 0.15) is 10.6 Å². The maximum Gasteiger partial charge on any atom is 0.346 e. The third-order valence-electron chi connectivity index (χ3n) is 3.44. The summed E-state index contributed by atoms with van der Waals surface area (Å²) in [4.78, 5) is 34.1. The smallest absolute Gasteiger partial charge is 0.322 e. The molecule has 0 aliphatic carbocycles. The number of nitrogens with one attached hydrogen (secondary N) is 1. The molecule has 9 heteroatoms. The van der Waals surface area contributed by atoms with E-state index in [4.69, 9.17) is 11.6 Å². The largest absolute Gasteiger partial charge is 0.346 e. The number of urea groups is 1. The molecule has 1 aromatic rings. The average molecular weight is 325 g/mol. The number of hydrogen-bond donors (Lipinski definition) is 1. The molecule has 0 spiro atoms. The molecule has 1 aromatic carbocycles. The maximum atomic E-state index is 12.1. The van der Waals surface area contributed by atoms with Crippen molar-refractivity contribution in [1.82, 2.24) is 10.3 Å². The van der Waals surface area contributed by atoms with Crippen molar-refractivity contribution in [1.29, 1.82) is 0 Å². The second-order valence-electron chi connectivity index (χ2n) is 4.95. The Balaban J connectivity index is 2.26. The van der Waals surface area contributed by atoms with Crippen molar-refractivity contribution in [2.75, 3.05) is 0 Å². The van der Waals surface area contributed by atoms with Gasteiger partial charge in [-0.2, -0.15) is 5.10 Å². The zero-order chi connectivity index (χ0) is 16.5. The summed E-state index contributed by atoms with van der Waals surface area (Å²) in [5, 5.41) is 17.9. The van der Waals surface area contributed by atoms with E-state index in [-0.39, 0.29) is 10.7 Å². The standard InChI is InChI=1S/C13H13ClN4O4/c1-3-13(2)11(19)17(12(20)16-13)15-7-8-4-5-9(14)10(6-8)18(21)22/h4-7H,3H2,1-2H3,(H,16,20)/b15-7+. The van der Waals surface area contributed by atoms with Gasteiger partial charge in [0.25, 0.3) is 11.6 Å². The van der Waals surface area contributed by atoms with Crippen LogP contribution in [-0.2, 0) is 4.79 Å². The summed E-state index contributed by atoms with van der Waals surface area (Å²) < 4.78 is 0. The molecule has 1 heterocycles. The minimum Gasteiger partial charge on any atom is -0.322 e. The Hall–Kier alpha value is -2.48. The Labute approximate surface area is 130 Å². The van der Waals surface area contributed by atoms with Crippen molar-refractivity contribution in [2.24, 2.45) is 5.10 Å². The highest BCUT2D eigenvalue weighted by Crippen LogP contribution is 2.25. The van der Waals surface area contributed by atoms with Crippen LogP contribution in [0.25, 0.3) is 0 Å². The molecule has 1 unspecified atom stereocenters. The van der Waals surface area contributed by atoms with Crippen LogP contribution < -0.4 is 5.32 Å². The molecule has 8 nitrogen and oxygen atoms in total. The number of amides is 3. The summed E-state index contributed by atoms with van der Waals surface area (Å²) in [5.41, 5.74) is -0.913. The lowest BCUT2D eigenvalue weighted by Crippen LogP contribution is -2.42. The molecule has 0 bridgehead atoms. The van der Waals surface area contributed by atoms with E-state index in [2.05, 4.69) is 10.4 Å². The predicted octanol–water partition coefficient (Wildman–Crippen LogP) is 2.30. The Morgan fingerprint density at radius 3 is 2.73 bits per heavy atom. The van der Waals surface area contributed by atoms with Crippen molar-refractivity contribution in [2.45, 2.75) is 25.8 Å². The van der Waals surface area contributed by atoms with Gasteiger partial charge in [-0.3, -0.25) is 14.9 Å². The lowest BCUT2D eigenvalue weighted by atomic mass is 10.00. The third kappa shape index (κ3) is 2.77. The molecule has 116 valence electrons. The Kier molecular flexibility index (Phi) is 4.14. The van der Waals surface area contributed by atoms with Crippen LogP contribution in [0.4, 0.5) is 10.5 Å². The zero-order valence-electron chi connectivity index (χ0n) is 11.9. The fraction of sp³-hybridized carbons (Fsp3) is 0.308. The topological polar surface area (TPSA) is 105 Å². The highest BCUT2D eigenvalue weighted by Gasteiger charge is 2.46. The van der Waals surface area contributed by atoms with E-state index in [0.717, 1.165) is 0 Å². The van der Waals surface area contributed by atoms with Crippen LogP contribution >= 0.6 is 11.6 Å². The first-order valence-corrected chi connectivity index (χ1v) is 6.81. The van der Waals surface area contributed by atoms with E-state index in [9.17, 15) is 19.7 Å². The highest BCUT2D eigenvalue weighted by atomic mass is 35.5. The summed E-state index contributed by atoms with van der Waals surface area (Å²) in [6, 6.07) is 3.43. The molecule has 1 aliphatic rings. The van der Waals surface area contributed by atoms with Crippen LogP contribution in [-0.4, -0.2) is 33.6 Å². The SMILES string of the molecule is CCC1(C)NC(=O)N(/N=C/c2ccc(Cl)c([N+](=O)[O-])c2)C1=O. The number of hydrogen-bond acceptors (Lipinski definition) is 5. The number of nitro groups is 1. The molecule has 1 atom stereocenters. The van der Waals surface area contributed by atoms with Gasteiger partial charge < -0.3 is 5.32 Å². The first kappa shape index (κ1) is 15.9. The van der Waals surface area contributed by atoms with Crippen molar-refractivity contribution in [3.8, 4) is 0 Å². The number of benzene rings is 1. The fourth-order valence-corrected chi connectivity index (χ4v) is 2.07. The molecule has 0 aromatic heterocycles. The van der Waals surface area contributed by atoms with E-state index in [1.54, 1.807) is 13.8 Å². The molecule has 2 rings (SSSR count). The first-order chi connectivity index (χ1) is 10.3. The van der Waals surface area contributed by atoms with Gasteiger partial charge in [-0.1, -0.05) is 24.6 Å². The van der Waals surface area contributed by atoms with Crippen LogP contribution in [0.5, 0.6) is 0 Å². The minimum atomic E-state index is -0.986. The van der Waals surface area contributed by atoms with Crippen LogP contribution in [0.3, 0.4) is 0 Å². The normalized spacial score (nSPS) is 21.5. The second kappa shape index (κ2) is 5.72. The van der Waals surface area contributed by atoms with Gasteiger partial charge in [0.05, 0.1) is 11.1 Å². The monoisotopic (exact) mass is 324 g/mol. The van der Waals surface area contributed by atoms with E-state index >= 15 is 0 Å². The number of halogens is 1. The number of hydrazone groups is 1. The summed E-state index contributed by atoms with van der Waals surface area (Å²) in [6.45, 7) is 3.38. The molecule has 1 aliphatic heterocycles. The van der Waals surface area contributed by atoms with Crippen LogP contribution in [0.15, 0.2) is 23.3 Å². The molecule has 0 saturated carbocycles. The van der Waals surface area contributed by atoms with Crippen LogP contribution in [0.1, 0.15) is 25.8 Å². The predicted molar refractivity (Wildman–Crippen MR) is 79.8 cm³/mol. The fourth-order valence-electron chi connectivity index (χ4n) is 1.89. The lowest BCUT2D eigenvalue weighted by molar-refractivity contribution is -0.384. The molecular formula is C13H13ClN4O4. The number of rotatable bonds is 4. The maximum absolute atomic E-state index is 12.1. The number of carbonyl (C=O) groups is 2. The van der Waals surface area contributed by atoms with Gasteiger partial charge in [-0.05, 0) is 19.4 Å². The van der Waals surface area contributed by atoms with Crippen molar-refractivity contribution in [3.05, 3.63) is 38.9 Å². The minimum absolute atomic E-state index is 0.00398. The van der Waals surface area contributed by atoms with Gasteiger partial charge in [-0.25, -0.2) is 4.79 Å². The van der Waals surface area contributed by atoms with Gasteiger partial charge in [0.15, 0.2) is 0 Å². The molecule has 22 heavy (non-hydrogen) atoms. The Morgan fingerprint density at radius 2 is 2.18 bits per heavy atom. The molecule has 1 N–H and O–H groups in total. The number of nitro benzene ring substituents is 1. The number of nitrogens with zero attached hydrogens (tertiary/aromatic N) is 3. The summed E-state index contributed by atoms with van der Waals surface area (Å²) in [7, 11) is 0. The summed E-state index contributed by atoms with van der Waals surface area (Å²) in [6.07, 6.45) is 1.62. The van der Waals surface area contributed by atoms with Gasteiger partial charge in [-0.15, -0.1) is 5.01 Å². The van der Waals surface area contributed by atoms with Crippen LogP contribution in [0.2, 0.25) is 5.02 Å². The van der Waals surface area contributed by atoms with Gasteiger partial charge in [0, 0.05) is 11.6 Å². The Bertz CT molecular complexity index is 691. The first-order valence-electron chi connectivity index (χ1n) is 6.43. The lowest BCUT2D eigenvalue weighted by Gasteiger charge is -2.17. The third-order valence-corrected chi connectivity index (χ3v) is 3.76. The van der Waals surface area contributed by atoms with Gasteiger partial charge in [0.2, 0.25) is 0 Å². The summed E-state index contributed by atoms with van der Waals surface area (Å²) >= 11 is 5.71. The van der Waals surface area contributed by atoms with Crippen molar-refractivity contribution < 1.29 is 14.5 Å². The molecule has 0 radical (unpaired) electrons. The highest BCUT2D eigenvalue weighted by molar-refractivity contribution is 6.32. The van der Waals surface area contributed by atoms with Crippen molar-refractivity contribution in [3.63, 3.8) is 0 Å². The molecule has 3 amide bonds. The average Bonchev–Trinajstić information content (AvgIpc) is 2.69. The number of imide groups is 1. The Morgan fingerprint density at radius 1 is 1.50 bits per heavy atom. The molecule has 1 fully saturated rings. The van der Waals surface area contributed by atoms with Gasteiger partial charge >= 0.3 is 6.03 Å². The van der Waals surface area contributed by atoms with E-state index < -0.39 is 22.4 Å². The van der Waals surface area contributed by atoms with E-state index in [0.29, 0.717) is 17.0 Å². The zero-order valence-corrected chi connectivity index (χ0v) is 12.6. The number of carbonyl (C=O) groups excluding carboxylic acids is 2. The van der Waals surface area contributed by atoms with E-state index in [1.165, 1.54) is 24.4 Å². The second-order valence-corrected chi connectivity index (χ2v) is 5.35. The van der Waals surface area contributed by atoms with Crippen LogP contribution in [0, 0.1) is 10.1 Å². The van der Waals surface area contributed by atoms with E-state index in [1.807, 2.05) is 0 Å². The molecular weight excluding hydrogens is 312 g/mol. The molecule has 1 saturated heterocycles.